The summed E-state index contributed by atoms with van der Waals surface area (Å²) in [5.74, 6) is -4.24. The van der Waals surface area contributed by atoms with Crippen LogP contribution in [-0.2, 0) is 23.9 Å². The molecule has 0 aliphatic carbocycles. The summed E-state index contributed by atoms with van der Waals surface area (Å²) in [5, 5.41) is 9.01. The van der Waals surface area contributed by atoms with Gasteiger partial charge in [0.05, 0.1) is 30.5 Å². The summed E-state index contributed by atoms with van der Waals surface area (Å²) in [5.41, 5.74) is 0. The van der Waals surface area contributed by atoms with Gasteiger partial charge in [0.1, 0.15) is 0 Å². The van der Waals surface area contributed by atoms with Crippen molar-refractivity contribution in [1.82, 2.24) is 0 Å². The standard InChI is InChI=1S/C17H30O6/c1-6-8-11(3)22-16(20)13(5)14(10-15(18)19)17(21)23-12(4)9-7-2/h11-14H,6-10H2,1-5H3,(H,18,19). The number of hydrogen-bond acceptors (Lipinski definition) is 5. The van der Waals surface area contributed by atoms with Crippen molar-refractivity contribution in [3.63, 3.8) is 0 Å². The Balaban J connectivity index is 4.89. The Bertz CT molecular complexity index is 393. The maximum atomic E-state index is 12.2. The van der Waals surface area contributed by atoms with Gasteiger partial charge < -0.3 is 14.6 Å². The number of carboxylic acid groups (broad SMARTS) is 1. The molecule has 0 amide bonds. The third-order valence-corrected chi connectivity index (χ3v) is 3.70. The molecule has 0 saturated carbocycles. The van der Waals surface area contributed by atoms with E-state index in [1.54, 1.807) is 13.8 Å². The Kier molecular flexibility index (Phi) is 10.3. The maximum Gasteiger partial charge on any atom is 0.310 e. The van der Waals surface area contributed by atoms with E-state index in [1.165, 1.54) is 6.92 Å². The average molecular weight is 330 g/mol. The lowest BCUT2D eigenvalue weighted by Crippen LogP contribution is -2.35. The smallest absolute Gasteiger partial charge is 0.310 e. The molecule has 0 aliphatic heterocycles. The molecule has 1 N–H and O–H groups in total. The summed E-state index contributed by atoms with van der Waals surface area (Å²) in [4.78, 5) is 35.4. The first kappa shape index (κ1) is 21.4. The van der Waals surface area contributed by atoms with E-state index >= 15 is 0 Å². The number of carboxylic acids is 1. The maximum absolute atomic E-state index is 12.2. The fourth-order valence-electron chi connectivity index (χ4n) is 2.34. The van der Waals surface area contributed by atoms with Crippen LogP contribution in [0.3, 0.4) is 0 Å². The highest BCUT2D eigenvalue weighted by molar-refractivity contribution is 5.85. The second-order valence-corrected chi connectivity index (χ2v) is 6.07. The number of esters is 2. The molecule has 0 rings (SSSR count). The van der Waals surface area contributed by atoms with Crippen LogP contribution in [0.25, 0.3) is 0 Å². The summed E-state index contributed by atoms with van der Waals surface area (Å²) >= 11 is 0. The van der Waals surface area contributed by atoms with Crippen molar-refractivity contribution >= 4 is 17.9 Å². The molecule has 6 nitrogen and oxygen atoms in total. The fraction of sp³-hybridized carbons (Fsp3) is 0.824. The molecule has 0 spiro atoms. The van der Waals surface area contributed by atoms with E-state index in [0.29, 0.717) is 6.42 Å². The number of carbonyl (C=O) groups excluding carboxylic acids is 2. The monoisotopic (exact) mass is 330 g/mol. The highest BCUT2D eigenvalue weighted by Gasteiger charge is 2.35. The van der Waals surface area contributed by atoms with Crippen molar-refractivity contribution in [3.05, 3.63) is 0 Å². The first-order chi connectivity index (χ1) is 10.7. The average Bonchev–Trinajstić information content (AvgIpc) is 2.43. The second kappa shape index (κ2) is 11.0. The summed E-state index contributed by atoms with van der Waals surface area (Å²) in [6, 6.07) is 0. The third kappa shape index (κ3) is 8.57. The largest absolute Gasteiger partial charge is 0.481 e. The molecule has 4 unspecified atom stereocenters. The van der Waals surface area contributed by atoms with Crippen molar-refractivity contribution in [3.8, 4) is 0 Å². The van der Waals surface area contributed by atoms with E-state index in [1.807, 2.05) is 13.8 Å². The Hall–Kier alpha value is -1.59. The van der Waals surface area contributed by atoms with Crippen LogP contribution in [0.4, 0.5) is 0 Å². The van der Waals surface area contributed by atoms with Crippen LogP contribution in [0.2, 0.25) is 0 Å². The van der Waals surface area contributed by atoms with Gasteiger partial charge in [0, 0.05) is 0 Å². The van der Waals surface area contributed by atoms with Crippen molar-refractivity contribution in [2.24, 2.45) is 11.8 Å². The number of rotatable bonds is 11. The van der Waals surface area contributed by atoms with Crippen LogP contribution in [-0.4, -0.2) is 35.2 Å². The van der Waals surface area contributed by atoms with Gasteiger partial charge in [-0.3, -0.25) is 14.4 Å². The van der Waals surface area contributed by atoms with Gasteiger partial charge in [-0.25, -0.2) is 0 Å². The van der Waals surface area contributed by atoms with Gasteiger partial charge in [-0.05, 0) is 26.7 Å². The van der Waals surface area contributed by atoms with E-state index < -0.39 is 36.2 Å². The fourth-order valence-corrected chi connectivity index (χ4v) is 2.34. The molecular formula is C17H30O6. The van der Waals surface area contributed by atoms with Gasteiger partial charge in [0.15, 0.2) is 0 Å². The number of ether oxygens (including phenoxy) is 2. The molecule has 0 bridgehead atoms. The lowest BCUT2D eigenvalue weighted by atomic mass is 9.91. The van der Waals surface area contributed by atoms with Gasteiger partial charge in [-0.15, -0.1) is 0 Å². The van der Waals surface area contributed by atoms with Gasteiger partial charge in [0.25, 0.3) is 0 Å². The molecule has 23 heavy (non-hydrogen) atoms. The van der Waals surface area contributed by atoms with Crippen molar-refractivity contribution in [1.29, 1.82) is 0 Å². The number of hydrogen-bond donors (Lipinski definition) is 1. The SMILES string of the molecule is CCCC(C)OC(=O)C(C)C(CC(=O)O)C(=O)OC(C)CCC. The lowest BCUT2D eigenvalue weighted by molar-refractivity contribution is -0.167. The molecule has 0 aliphatic rings. The van der Waals surface area contributed by atoms with Crippen molar-refractivity contribution in [2.75, 3.05) is 0 Å². The van der Waals surface area contributed by atoms with Crippen LogP contribution in [0.15, 0.2) is 0 Å². The quantitative estimate of drug-likeness (QED) is 0.585. The van der Waals surface area contributed by atoms with Gasteiger partial charge in [-0.2, -0.15) is 0 Å². The zero-order chi connectivity index (χ0) is 18.0. The molecule has 0 heterocycles. The number of carbonyl (C=O) groups is 3. The zero-order valence-corrected chi connectivity index (χ0v) is 14.8. The summed E-state index contributed by atoms with van der Waals surface area (Å²) in [6.45, 7) is 9.00. The van der Waals surface area contributed by atoms with Crippen molar-refractivity contribution < 1.29 is 29.0 Å². The summed E-state index contributed by atoms with van der Waals surface area (Å²) in [6.07, 6.45) is 2.14. The van der Waals surface area contributed by atoms with E-state index in [-0.39, 0.29) is 12.2 Å². The highest BCUT2D eigenvalue weighted by atomic mass is 16.6. The second-order valence-electron chi connectivity index (χ2n) is 6.07. The van der Waals surface area contributed by atoms with E-state index in [2.05, 4.69) is 0 Å². The minimum absolute atomic E-state index is 0.254. The normalized spacial score (nSPS) is 16.0. The Morgan fingerprint density at radius 3 is 1.70 bits per heavy atom. The van der Waals surface area contributed by atoms with Gasteiger partial charge in [-0.1, -0.05) is 33.6 Å². The molecule has 0 radical (unpaired) electrons. The Morgan fingerprint density at radius 2 is 1.30 bits per heavy atom. The molecule has 6 heteroatoms. The topological polar surface area (TPSA) is 89.9 Å². The third-order valence-electron chi connectivity index (χ3n) is 3.70. The molecule has 0 aromatic rings. The minimum Gasteiger partial charge on any atom is -0.481 e. The van der Waals surface area contributed by atoms with Crippen LogP contribution in [0.1, 0.15) is 66.7 Å². The minimum atomic E-state index is -1.14. The van der Waals surface area contributed by atoms with Crippen LogP contribution >= 0.6 is 0 Å². The number of aliphatic carboxylic acids is 1. The predicted octanol–water partition coefficient (Wildman–Crippen LogP) is 3.18. The molecule has 0 aromatic carbocycles. The molecule has 0 fully saturated rings. The van der Waals surface area contributed by atoms with Gasteiger partial charge in [0.2, 0.25) is 0 Å². The van der Waals surface area contributed by atoms with E-state index in [4.69, 9.17) is 14.6 Å². The first-order valence-electron chi connectivity index (χ1n) is 8.35. The van der Waals surface area contributed by atoms with E-state index in [0.717, 1.165) is 19.3 Å². The summed E-state index contributed by atoms with van der Waals surface area (Å²) < 4.78 is 10.5. The van der Waals surface area contributed by atoms with Crippen LogP contribution < -0.4 is 0 Å². The lowest BCUT2D eigenvalue weighted by Gasteiger charge is -2.23. The molecule has 0 saturated heterocycles. The van der Waals surface area contributed by atoms with Crippen molar-refractivity contribution in [2.45, 2.75) is 78.9 Å². The first-order valence-corrected chi connectivity index (χ1v) is 8.35. The zero-order valence-electron chi connectivity index (χ0n) is 14.8. The Labute approximate surface area is 138 Å². The molecule has 4 atom stereocenters. The molecule has 134 valence electrons. The predicted molar refractivity (Wildman–Crippen MR) is 85.8 cm³/mol. The molecular weight excluding hydrogens is 300 g/mol. The van der Waals surface area contributed by atoms with Gasteiger partial charge >= 0.3 is 17.9 Å². The molecule has 0 aromatic heterocycles. The highest BCUT2D eigenvalue weighted by Crippen LogP contribution is 2.22. The van der Waals surface area contributed by atoms with Crippen LogP contribution in [0.5, 0.6) is 0 Å². The van der Waals surface area contributed by atoms with E-state index in [9.17, 15) is 14.4 Å². The Morgan fingerprint density at radius 1 is 0.870 bits per heavy atom. The van der Waals surface area contributed by atoms with Crippen LogP contribution in [0, 0.1) is 11.8 Å². The summed E-state index contributed by atoms with van der Waals surface area (Å²) in [7, 11) is 0.